The third-order valence-electron chi connectivity index (χ3n) is 11.8. The van der Waals surface area contributed by atoms with Gasteiger partial charge in [0.1, 0.15) is 38.8 Å². The van der Waals surface area contributed by atoms with Crippen molar-refractivity contribution < 1.29 is 47.5 Å². The van der Waals surface area contributed by atoms with Crippen molar-refractivity contribution >= 4 is 12.2 Å². The lowest BCUT2D eigenvalue weighted by atomic mass is 9.90. The van der Waals surface area contributed by atoms with Gasteiger partial charge in [-0.1, -0.05) is 158 Å². The number of ether oxygens (including phenoxy) is 8. The van der Waals surface area contributed by atoms with Gasteiger partial charge in [0.15, 0.2) is 12.6 Å². The molecule has 2 aliphatic heterocycles. The third-order valence-corrected chi connectivity index (χ3v) is 11.8. The maximum atomic E-state index is 13.0. The van der Waals surface area contributed by atoms with Crippen LogP contribution >= 0.6 is 0 Å². The van der Waals surface area contributed by atoms with Gasteiger partial charge in [0, 0.05) is 21.7 Å². The highest BCUT2D eigenvalue weighted by molar-refractivity contribution is 5.68. The van der Waals surface area contributed by atoms with Gasteiger partial charge < -0.3 is 37.9 Å². The summed E-state index contributed by atoms with van der Waals surface area (Å²) in [6.07, 6.45) is -0.861. The highest BCUT2D eigenvalue weighted by Gasteiger charge is 2.45. The summed E-state index contributed by atoms with van der Waals surface area (Å²) in [6, 6.07) is 36.5. The first-order valence-electron chi connectivity index (χ1n) is 23.1. The summed E-state index contributed by atoms with van der Waals surface area (Å²) < 4.78 is 46.9. The molecule has 18 heteroatoms. The van der Waals surface area contributed by atoms with E-state index in [1.807, 2.05) is 149 Å². The van der Waals surface area contributed by atoms with Gasteiger partial charge in [-0.3, -0.25) is 9.80 Å². The predicted octanol–water partition coefficient (Wildman–Crippen LogP) is 10.9. The van der Waals surface area contributed by atoms with E-state index < -0.39 is 49.1 Å². The largest absolute Gasteiger partial charge is 0.444 e. The monoisotopic (exact) mass is 960 g/mol. The van der Waals surface area contributed by atoms with Gasteiger partial charge >= 0.3 is 12.2 Å². The Balaban J connectivity index is 0.000000261. The zero-order valence-corrected chi connectivity index (χ0v) is 40.2. The number of benzene rings is 4. The van der Waals surface area contributed by atoms with Crippen LogP contribution < -0.4 is 0 Å². The first-order chi connectivity index (χ1) is 34.1. The zero-order valence-electron chi connectivity index (χ0n) is 40.2. The van der Waals surface area contributed by atoms with Crippen LogP contribution in [0.3, 0.4) is 0 Å². The van der Waals surface area contributed by atoms with Crippen molar-refractivity contribution in [1.82, 2.24) is 9.80 Å². The molecule has 0 N–H and O–H groups in total. The van der Waals surface area contributed by atoms with Crippen molar-refractivity contribution in [3.63, 3.8) is 0 Å². The molecule has 372 valence electrons. The predicted molar refractivity (Wildman–Crippen MR) is 262 cm³/mol. The number of nitrogens with zero attached hydrogens (tertiary/aromatic N) is 8. The van der Waals surface area contributed by atoms with Crippen LogP contribution in [-0.2, 0) is 64.2 Å². The summed E-state index contributed by atoms with van der Waals surface area (Å²) in [7, 11) is 0. The lowest BCUT2D eigenvalue weighted by Gasteiger charge is -2.43. The molecular weight excluding hydrogens is 897 g/mol. The normalized spacial score (nSPS) is 23.7. The Hall–Kier alpha value is -6.72. The fourth-order valence-corrected chi connectivity index (χ4v) is 7.67. The average molecular weight is 961 g/mol. The zero-order chi connectivity index (χ0) is 50.1. The minimum absolute atomic E-state index is 0.0402. The lowest BCUT2D eigenvalue weighted by molar-refractivity contribution is -0.254. The van der Waals surface area contributed by atoms with Crippen molar-refractivity contribution in [1.29, 1.82) is 0 Å². The Morgan fingerprint density at radius 3 is 1.20 bits per heavy atom. The van der Waals surface area contributed by atoms with Crippen LogP contribution in [0.4, 0.5) is 9.59 Å². The molecule has 4 aromatic carbocycles. The Morgan fingerprint density at radius 1 is 0.557 bits per heavy atom. The van der Waals surface area contributed by atoms with E-state index in [-0.39, 0.29) is 63.8 Å². The molecule has 2 amide bonds. The molecule has 70 heavy (non-hydrogen) atoms. The molecule has 0 aromatic heterocycles. The van der Waals surface area contributed by atoms with Crippen LogP contribution in [0.5, 0.6) is 0 Å². The number of rotatable bonds is 22. The Bertz CT molecular complexity index is 2130. The fraction of sp³-hybridized carbons (Fsp3) is 0.423. The number of carbonyl (C=O) groups is 2. The minimum atomic E-state index is -0.896. The number of carbonyl (C=O) groups excluding carboxylic acids is 2. The van der Waals surface area contributed by atoms with Crippen molar-refractivity contribution in [3.05, 3.63) is 190 Å². The topological polar surface area (TPSA) is 212 Å². The molecule has 0 aliphatic carbocycles. The van der Waals surface area contributed by atoms with Crippen LogP contribution in [0.15, 0.2) is 157 Å². The van der Waals surface area contributed by atoms with Gasteiger partial charge in [0.05, 0.1) is 50.7 Å². The van der Waals surface area contributed by atoms with E-state index in [1.54, 1.807) is 12.2 Å². The number of hydrogen-bond acceptors (Lipinski definition) is 12. The van der Waals surface area contributed by atoms with E-state index in [2.05, 4.69) is 33.2 Å². The van der Waals surface area contributed by atoms with E-state index in [0.29, 0.717) is 13.2 Å². The molecule has 18 nitrogen and oxygen atoms in total. The Kier molecular flexibility index (Phi) is 22.7. The number of azide groups is 2. The van der Waals surface area contributed by atoms with E-state index >= 15 is 0 Å². The molecule has 0 bridgehead atoms. The molecular formula is C52H64N8O10. The summed E-state index contributed by atoms with van der Waals surface area (Å²) in [5, 5.41) is 7.81. The van der Waals surface area contributed by atoms with E-state index in [1.165, 1.54) is 9.80 Å². The fourth-order valence-electron chi connectivity index (χ4n) is 7.67. The summed E-state index contributed by atoms with van der Waals surface area (Å²) in [4.78, 5) is 34.8. The Labute approximate surface area is 409 Å². The van der Waals surface area contributed by atoms with Crippen LogP contribution in [-0.4, -0.2) is 97.7 Å². The second-order valence-electron chi connectivity index (χ2n) is 16.7. The van der Waals surface area contributed by atoms with Crippen molar-refractivity contribution in [2.75, 3.05) is 26.7 Å². The van der Waals surface area contributed by atoms with Gasteiger partial charge in [-0.25, -0.2) is 9.59 Å². The second-order valence-corrected chi connectivity index (χ2v) is 16.7. The highest BCUT2D eigenvalue weighted by Crippen LogP contribution is 2.33. The first-order valence-corrected chi connectivity index (χ1v) is 23.1. The summed E-state index contributed by atoms with van der Waals surface area (Å²) in [5.41, 5.74) is 21.9. The number of amides is 2. The van der Waals surface area contributed by atoms with Gasteiger partial charge in [-0.15, -0.1) is 13.2 Å². The molecule has 0 radical (unpaired) electrons. The maximum Gasteiger partial charge on any atom is 0.412 e. The molecule has 2 fully saturated rings. The van der Waals surface area contributed by atoms with E-state index in [9.17, 15) is 9.59 Å². The van der Waals surface area contributed by atoms with E-state index in [4.69, 9.17) is 49.0 Å². The highest BCUT2D eigenvalue weighted by atomic mass is 16.7. The second kappa shape index (κ2) is 29.3. The quantitative estimate of drug-likeness (QED) is 0.0239. The first kappa shape index (κ1) is 54.2. The van der Waals surface area contributed by atoms with Crippen LogP contribution in [0.1, 0.15) is 49.9 Å². The summed E-state index contributed by atoms with van der Waals surface area (Å²) in [6.45, 7) is 16.3. The minimum Gasteiger partial charge on any atom is -0.444 e. The number of hydrogen-bond donors (Lipinski definition) is 0. The molecule has 10 atom stereocenters. The summed E-state index contributed by atoms with van der Waals surface area (Å²) in [5.74, 6) is -0.0804. The van der Waals surface area contributed by atoms with Gasteiger partial charge in [0.2, 0.25) is 0 Å². The van der Waals surface area contributed by atoms with Crippen molar-refractivity contribution in [3.8, 4) is 0 Å². The van der Waals surface area contributed by atoms with Gasteiger partial charge in [-0.05, 0) is 47.2 Å². The molecule has 2 aliphatic rings. The third kappa shape index (κ3) is 16.8. The standard InChI is InChI=1S/2C26H32N4O5/c2*1-4-15-32-24-19(2)20(3)35-25(23(24)28-29-27)34-18-30(16-21-11-7-5-8-12-21)26(31)33-17-22-13-9-6-10-14-22/h2*4-14,19-20,23-25H,1,15-18H2,2-3H3/t19-,20?,23?,24+,25-;19-,20?,23?,24-,25+/m10/s1. The molecule has 0 saturated carbocycles. The van der Waals surface area contributed by atoms with Gasteiger partial charge in [0.25, 0.3) is 0 Å². The van der Waals surface area contributed by atoms with Crippen molar-refractivity contribution in [2.24, 2.45) is 22.1 Å². The smallest absolute Gasteiger partial charge is 0.412 e. The maximum absolute atomic E-state index is 13.0. The van der Waals surface area contributed by atoms with Crippen LogP contribution in [0, 0.1) is 11.8 Å². The molecule has 2 heterocycles. The van der Waals surface area contributed by atoms with Gasteiger partial charge in [-0.2, -0.15) is 0 Å². The molecule has 2 saturated heterocycles. The van der Waals surface area contributed by atoms with Crippen molar-refractivity contribution in [2.45, 2.75) is 103 Å². The molecule has 6 rings (SSSR count). The summed E-state index contributed by atoms with van der Waals surface area (Å²) >= 11 is 0. The molecule has 4 aromatic rings. The van der Waals surface area contributed by atoms with E-state index in [0.717, 1.165) is 22.3 Å². The molecule has 0 spiro atoms. The SMILES string of the molecule is C=CCO[C@@H]1C(N=[N+]=[N-])[C@H](OCN(Cc2ccccc2)C(=O)OCc2ccccc2)OC(C)[C@@H]1C.C=CCO[C@@H]1C(N=[N+]=[N-])[C@H](OCN(Cc2ccccc2)C(=O)OCc2ccccc2)OC(C)[C@H]1C. The lowest BCUT2D eigenvalue weighted by Crippen LogP contribution is -2.54. The average Bonchev–Trinajstić information content (AvgIpc) is 3.38. The van der Waals surface area contributed by atoms with Crippen LogP contribution in [0.2, 0.25) is 0 Å². The molecule has 4 unspecified atom stereocenters. The Morgan fingerprint density at radius 2 is 0.886 bits per heavy atom. The van der Waals surface area contributed by atoms with Crippen LogP contribution in [0.25, 0.3) is 20.9 Å².